The number of benzene rings is 1. The molecule has 0 amide bonds. The van der Waals surface area contributed by atoms with E-state index in [1.807, 2.05) is 24.3 Å². The molecule has 1 unspecified atom stereocenters. The van der Waals surface area contributed by atoms with Gasteiger partial charge in [-0.25, -0.2) is 0 Å². The van der Waals surface area contributed by atoms with Crippen molar-refractivity contribution in [3.63, 3.8) is 0 Å². The molecular formula is C21H27ClN2O3. The first kappa shape index (κ1) is 20.1. The summed E-state index contributed by atoms with van der Waals surface area (Å²) in [5.74, 6) is 1.29. The van der Waals surface area contributed by atoms with Gasteiger partial charge in [-0.3, -0.25) is 9.88 Å². The fourth-order valence-corrected chi connectivity index (χ4v) is 4.46. The van der Waals surface area contributed by atoms with Gasteiger partial charge in [-0.05, 0) is 62.1 Å². The van der Waals surface area contributed by atoms with Gasteiger partial charge in [0, 0.05) is 24.2 Å². The van der Waals surface area contributed by atoms with Crippen LogP contribution in [0.15, 0.2) is 42.1 Å². The zero-order valence-electron chi connectivity index (χ0n) is 15.5. The van der Waals surface area contributed by atoms with Crippen LogP contribution < -0.4 is 4.74 Å². The van der Waals surface area contributed by atoms with Crippen molar-refractivity contribution >= 4 is 23.3 Å². The van der Waals surface area contributed by atoms with E-state index < -0.39 is 6.10 Å². The van der Waals surface area contributed by atoms with Gasteiger partial charge in [-0.1, -0.05) is 11.6 Å². The summed E-state index contributed by atoms with van der Waals surface area (Å²) in [6.45, 7) is 4.38. The molecule has 2 bridgehead atoms. The third-order valence-electron chi connectivity index (χ3n) is 5.83. The Morgan fingerprint density at radius 3 is 2.93 bits per heavy atom. The Morgan fingerprint density at radius 1 is 1.37 bits per heavy atom. The van der Waals surface area contributed by atoms with Gasteiger partial charge in [-0.2, -0.15) is 0 Å². The number of aromatic nitrogens is 1. The van der Waals surface area contributed by atoms with Gasteiger partial charge in [-0.15, -0.1) is 12.4 Å². The predicted octanol–water partition coefficient (Wildman–Crippen LogP) is 3.10. The Bertz CT molecular complexity index is 826. The first-order chi connectivity index (χ1) is 12.7. The molecule has 2 aromatic rings. The summed E-state index contributed by atoms with van der Waals surface area (Å²) in [7, 11) is 0. The van der Waals surface area contributed by atoms with E-state index in [9.17, 15) is 5.11 Å². The van der Waals surface area contributed by atoms with Crippen LogP contribution in [0, 0.1) is 5.92 Å². The van der Waals surface area contributed by atoms with Gasteiger partial charge in [0.25, 0.3) is 0 Å². The fourth-order valence-electron chi connectivity index (χ4n) is 4.46. The molecular weight excluding hydrogens is 364 g/mol. The lowest BCUT2D eigenvalue weighted by Crippen LogP contribution is -2.52. The smallest absolute Gasteiger partial charge is 0.120 e. The van der Waals surface area contributed by atoms with Gasteiger partial charge >= 0.3 is 0 Å². The summed E-state index contributed by atoms with van der Waals surface area (Å²) < 4.78 is 5.54. The lowest BCUT2D eigenvalue weighted by atomic mass is 9.76. The lowest BCUT2D eigenvalue weighted by molar-refractivity contribution is -0.00340. The molecule has 5 rings (SSSR count). The van der Waals surface area contributed by atoms with Gasteiger partial charge < -0.3 is 14.9 Å². The number of piperidine rings is 3. The number of ether oxygens (including phenoxy) is 1. The molecule has 3 aliphatic rings. The second kappa shape index (κ2) is 8.57. The molecule has 0 spiro atoms. The van der Waals surface area contributed by atoms with E-state index in [0.717, 1.165) is 36.0 Å². The third-order valence-corrected chi connectivity index (χ3v) is 5.83. The fraction of sp³-hybridized carbons (Fsp3) is 0.476. The number of halogens is 1. The van der Waals surface area contributed by atoms with Crippen molar-refractivity contribution in [1.29, 1.82) is 0 Å². The van der Waals surface area contributed by atoms with Crippen molar-refractivity contribution in [2.75, 3.05) is 26.3 Å². The number of rotatable bonds is 5. The number of hydrogen-bond donors (Lipinski definition) is 2. The number of allylic oxidation sites excluding steroid dienone is 1. The van der Waals surface area contributed by atoms with Crippen LogP contribution in [0.1, 0.15) is 31.4 Å². The van der Waals surface area contributed by atoms with Gasteiger partial charge in [0.15, 0.2) is 0 Å². The second-order valence-electron chi connectivity index (χ2n) is 7.22. The van der Waals surface area contributed by atoms with E-state index in [1.165, 1.54) is 12.0 Å². The number of fused-ring (bicyclic) bond motifs is 4. The third kappa shape index (κ3) is 3.83. The van der Waals surface area contributed by atoms with Crippen LogP contribution in [0.4, 0.5) is 0 Å². The second-order valence-corrected chi connectivity index (χ2v) is 7.22. The molecule has 3 aliphatic heterocycles. The molecule has 4 atom stereocenters. The highest BCUT2D eigenvalue weighted by Gasteiger charge is 2.40. The normalized spacial score (nSPS) is 26.8. The summed E-state index contributed by atoms with van der Waals surface area (Å²) in [6, 6.07) is 7.74. The van der Waals surface area contributed by atoms with E-state index in [2.05, 4.69) is 22.9 Å². The highest BCUT2D eigenvalue weighted by molar-refractivity contribution is 5.85. The number of aliphatic hydroxyl groups excluding tert-OH is 2. The topological polar surface area (TPSA) is 65.8 Å². The van der Waals surface area contributed by atoms with Gasteiger partial charge in [0.05, 0.1) is 18.2 Å². The Labute approximate surface area is 166 Å². The summed E-state index contributed by atoms with van der Waals surface area (Å²) >= 11 is 0. The van der Waals surface area contributed by atoms with E-state index in [1.54, 1.807) is 6.20 Å². The monoisotopic (exact) mass is 390 g/mol. The average molecular weight is 391 g/mol. The van der Waals surface area contributed by atoms with Crippen LogP contribution in [-0.4, -0.2) is 52.4 Å². The van der Waals surface area contributed by atoms with Crippen LogP contribution >= 0.6 is 12.4 Å². The summed E-state index contributed by atoms with van der Waals surface area (Å²) in [6.07, 6.45) is 5.66. The maximum Gasteiger partial charge on any atom is 0.120 e. The molecule has 0 radical (unpaired) electrons. The molecule has 1 aromatic heterocycles. The van der Waals surface area contributed by atoms with E-state index >= 15 is 0 Å². The minimum Gasteiger partial charge on any atom is -0.491 e. The largest absolute Gasteiger partial charge is 0.491 e. The summed E-state index contributed by atoms with van der Waals surface area (Å²) in [5, 5.41) is 21.1. The molecule has 4 heterocycles. The number of nitrogens with zero attached hydrogens (tertiary/aromatic N) is 2. The van der Waals surface area contributed by atoms with Crippen molar-refractivity contribution in [2.45, 2.75) is 31.9 Å². The van der Waals surface area contributed by atoms with Gasteiger partial charge in [0.1, 0.15) is 12.4 Å². The van der Waals surface area contributed by atoms with E-state index in [4.69, 9.17) is 9.84 Å². The highest BCUT2D eigenvalue weighted by Crippen LogP contribution is 2.41. The standard InChI is InChI=1S/C21H26N2O3.ClH/c1-2-14-13-23-8-6-15(14)11-20(23)21(25)17-5-7-22-19-4-3-16(12-18(17)19)26-10-9-24;/h2-5,7,12,15,20-21,24-25H,6,8-11,13H2,1H3;1H/b14-2+;/t15-,20-,21+;/m0./s1. The van der Waals surface area contributed by atoms with Gasteiger partial charge in [0.2, 0.25) is 0 Å². The minimum atomic E-state index is -0.546. The molecule has 0 aliphatic carbocycles. The molecule has 3 fully saturated rings. The van der Waals surface area contributed by atoms with Crippen molar-refractivity contribution < 1.29 is 14.9 Å². The van der Waals surface area contributed by atoms with Crippen molar-refractivity contribution in [2.24, 2.45) is 5.92 Å². The highest BCUT2D eigenvalue weighted by atomic mass is 35.5. The van der Waals surface area contributed by atoms with Crippen LogP contribution in [0.3, 0.4) is 0 Å². The van der Waals surface area contributed by atoms with E-state index in [-0.39, 0.29) is 31.7 Å². The van der Waals surface area contributed by atoms with Crippen molar-refractivity contribution in [3.8, 4) is 5.75 Å². The number of hydrogen-bond acceptors (Lipinski definition) is 5. The molecule has 3 saturated heterocycles. The zero-order chi connectivity index (χ0) is 18.1. The molecule has 146 valence electrons. The lowest BCUT2D eigenvalue weighted by Gasteiger charge is -2.48. The van der Waals surface area contributed by atoms with E-state index in [0.29, 0.717) is 11.7 Å². The molecule has 27 heavy (non-hydrogen) atoms. The Hall–Kier alpha value is -1.66. The van der Waals surface area contributed by atoms with Crippen LogP contribution in [0.25, 0.3) is 10.9 Å². The van der Waals surface area contributed by atoms with Crippen molar-refractivity contribution in [3.05, 3.63) is 47.7 Å². The average Bonchev–Trinajstić information content (AvgIpc) is 2.71. The SMILES string of the molecule is C/C=C1\CN2CC[C@H]1C[C@H]2[C@H](O)c1ccnc2ccc(OCCO)cc12.Cl. The van der Waals surface area contributed by atoms with Crippen LogP contribution in [0.5, 0.6) is 5.75 Å². The summed E-state index contributed by atoms with van der Waals surface area (Å²) in [5.41, 5.74) is 3.27. The maximum atomic E-state index is 11.2. The van der Waals surface area contributed by atoms with Crippen molar-refractivity contribution in [1.82, 2.24) is 9.88 Å². The quantitative estimate of drug-likeness (QED) is 0.768. The Kier molecular flexibility index (Phi) is 6.37. The molecule has 0 saturated carbocycles. The first-order valence-electron chi connectivity index (χ1n) is 9.40. The molecule has 5 nitrogen and oxygen atoms in total. The van der Waals surface area contributed by atoms with Crippen LogP contribution in [0.2, 0.25) is 0 Å². The zero-order valence-corrected chi connectivity index (χ0v) is 16.4. The predicted molar refractivity (Wildman–Crippen MR) is 108 cm³/mol. The first-order valence-corrected chi connectivity index (χ1v) is 9.40. The Morgan fingerprint density at radius 2 is 2.22 bits per heavy atom. The molecule has 1 aromatic carbocycles. The maximum absolute atomic E-state index is 11.2. The van der Waals surface area contributed by atoms with Crippen LogP contribution in [-0.2, 0) is 0 Å². The number of pyridine rings is 1. The molecule has 2 N–H and O–H groups in total. The number of aliphatic hydroxyl groups is 2. The molecule has 6 heteroatoms. The minimum absolute atomic E-state index is 0. The summed E-state index contributed by atoms with van der Waals surface area (Å²) in [4.78, 5) is 6.84. The Balaban J connectivity index is 0.00000210.